The van der Waals surface area contributed by atoms with Crippen LogP contribution in [0.2, 0.25) is 5.02 Å². The molecule has 0 amide bonds. The molecule has 180 valence electrons. The van der Waals surface area contributed by atoms with Gasteiger partial charge in [-0.3, -0.25) is 4.79 Å². The van der Waals surface area contributed by atoms with Gasteiger partial charge >= 0.3 is 5.97 Å². The van der Waals surface area contributed by atoms with Crippen molar-refractivity contribution >= 4 is 40.1 Å². The molecule has 1 aromatic heterocycles. The van der Waals surface area contributed by atoms with E-state index in [1.165, 1.54) is 12.1 Å². The summed E-state index contributed by atoms with van der Waals surface area (Å²) in [4.78, 5) is 26.8. The number of fused-ring (bicyclic) bond motifs is 1. The Kier molecular flexibility index (Phi) is 6.34. The fraction of sp³-hybridized carbons (Fsp3) is 0.385. The largest absolute Gasteiger partial charge is 0.478 e. The van der Waals surface area contributed by atoms with E-state index in [9.17, 15) is 19.1 Å². The molecule has 0 unspecified atom stereocenters. The third kappa shape index (κ3) is 4.62. The molecular formula is C26H28ClFN2O4. The Morgan fingerprint density at radius 1 is 1.24 bits per heavy atom. The smallest absolute Gasteiger partial charge is 0.340 e. The number of nitrogens with zero attached hydrogens (tertiary/aromatic N) is 1. The number of carboxylic acid groups (broad SMARTS) is 1. The standard InChI is InChI=1S/C26H28ClFN2O4/c1-14-11-16(15(2)29-19-6-5-18(27)23(28)22(19)25(32)33)24-17(12-14)20(31)13-21(34-24)30-9-7-26(3,4)8-10-30/h5-6,11-13,15,29H,7-10H2,1-4H3,(H,32,33)/t15-/m1/s1. The van der Waals surface area contributed by atoms with Crippen LogP contribution in [0.5, 0.6) is 0 Å². The number of rotatable bonds is 5. The quantitative estimate of drug-likeness (QED) is 0.434. The Bertz CT molecular complexity index is 1320. The molecule has 1 aliphatic rings. The number of halogens is 2. The zero-order valence-electron chi connectivity index (χ0n) is 19.7. The van der Waals surface area contributed by atoms with Crippen LogP contribution in [0.4, 0.5) is 16.0 Å². The Morgan fingerprint density at radius 2 is 1.91 bits per heavy atom. The molecule has 34 heavy (non-hydrogen) atoms. The molecule has 0 bridgehead atoms. The van der Waals surface area contributed by atoms with Crippen LogP contribution < -0.4 is 15.6 Å². The molecule has 6 nitrogen and oxygen atoms in total. The predicted molar refractivity (Wildman–Crippen MR) is 133 cm³/mol. The zero-order valence-corrected chi connectivity index (χ0v) is 20.4. The van der Waals surface area contributed by atoms with E-state index in [-0.39, 0.29) is 21.6 Å². The lowest BCUT2D eigenvalue weighted by molar-refractivity contribution is 0.0693. The molecule has 1 aliphatic heterocycles. The third-order valence-electron chi connectivity index (χ3n) is 6.56. The summed E-state index contributed by atoms with van der Waals surface area (Å²) in [6.07, 6.45) is 1.99. The Balaban J connectivity index is 1.77. The summed E-state index contributed by atoms with van der Waals surface area (Å²) in [5.41, 5.74) is 1.65. The maximum atomic E-state index is 14.4. The molecule has 1 saturated heterocycles. The summed E-state index contributed by atoms with van der Waals surface area (Å²) >= 11 is 5.79. The van der Waals surface area contributed by atoms with Crippen molar-refractivity contribution in [2.45, 2.75) is 46.6 Å². The van der Waals surface area contributed by atoms with Gasteiger partial charge in [-0.1, -0.05) is 31.5 Å². The fourth-order valence-electron chi connectivity index (χ4n) is 4.42. The van der Waals surface area contributed by atoms with Gasteiger partial charge < -0.3 is 19.7 Å². The van der Waals surface area contributed by atoms with Crippen LogP contribution in [0.15, 0.2) is 39.5 Å². The van der Waals surface area contributed by atoms with Crippen molar-refractivity contribution < 1.29 is 18.7 Å². The minimum absolute atomic E-state index is 0.0910. The second kappa shape index (κ2) is 8.95. The number of hydrogen-bond donors (Lipinski definition) is 2. The lowest BCUT2D eigenvalue weighted by Gasteiger charge is -2.37. The number of carbonyl (C=O) groups is 1. The number of aromatic carboxylic acids is 1. The highest BCUT2D eigenvalue weighted by Gasteiger charge is 2.27. The lowest BCUT2D eigenvalue weighted by Crippen LogP contribution is -2.37. The van der Waals surface area contributed by atoms with Crippen molar-refractivity contribution in [2.75, 3.05) is 23.3 Å². The van der Waals surface area contributed by atoms with Crippen molar-refractivity contribution in [2.24, 2.45) is 5.41 Å². The van der Waals surface area contributed by atoms with E-state index in [1.807, 2.05) is 19.9 Å². The van der Waals surface area contributed by atoms with Gasteiger partial charge in [0.05, 0.1) is 22.1 Å². The molecule has 3 aromatic rings. The lowest BCUT2D eigenvalue weighted by atomic mass is 9.83. The highest BCUT2D eigenvalue weighted by atomic mass is 35.5. The van der Waals surface area contributed by atoms with Crippen LogP contribution in [0.25, 0.3) is 11.0 Å². The minimum Gasteiger partial charge on any atom is -0.478 e. The van der Waals surface area contributed by atoms with Crippen molar-refractivity contribution in [3.05, 3.63) is 68.1 Å². The first kappa shape index (κ1) is 24.1. The number of nitrogens with one attached hydrogen (secondary N) is 1. The molecule has 4 rings (SSSR count). The van der Waals surface area contributed by atoms with Gasteiger partial charge in [-0.25, -0.2) is 9.18 Å². The number of piperidine rings is 1. The van der Waals surface area contributed by atoms with E-state index in [0.717, 1.165) is 31.5 Å². The van der Waals surface area contributed by atoms with Crippen LogP contribution in [0.3, 0.4) is 0 Å². The van der Waals surface area contributed by atoms with E-state index >= 15 is 0 Å². The maximum Gasteiger partial charge on any atom is 0.340 e. The average Bonchev–Trinajstić information content (AvgIpc) is 2.76. The van der Waals surface area contributed by atoms with E-state index in [4.69, 9.17) is 16.0 Å². The van der Waals surface area contributed by atoms with Crippen molar-refractivity contribution in [1.29, 1.82) is 0 Å². The van der Waals surface area contributed by atoms with Crippen LogP contribution in [-0.4, -0.2) is 24.2 Å². The van der Waals surface area contributed by atoms with Crippen molar-refractivity contribution in [3.8, 4) is 0 Å². The molecule has 0 aliphatic carbocycles. The summed E-state index contributed by atoms with van der Waals surface area (Å²) in [6, 6.07) is 7.46. The first-order valence-electron chi connectivity index (χ1n) is 11.3. The summed E-state index contributed by atoms with van der Waals surface area (Å²) in [7, 11) is 0. The normalized spacial score (nSPS) is 16.5. The van der Waals surface area contributed by atoms with Gasteiger partial charge in [0, 0.05) is 24.7 Å². The number of hydrogen-bond acceptors (Lipinski definition) is 5. The second-order valence-corrected chi connectivity index (χ2v) is 10.2. The van der Waals surface area contributed by atoms with Crippen LogP contribution >= 0.6 is 11.6 Å². The van der Waals surface area contributed by atoms with Crippen LogP contribution in [0, 0.1) is 18.2 Å². The summed E-state index contributed by atoms with van der Waals surface area (Å²) in [6.45, 7) is 9.74. The van der Waals surface area contributed by atoms with Gasteiger partial charge in [0.2, 0.25) is 0 Å². The monoisotopic (exact) mass is 486 g/mol. The van der Waals surface area contributed by atoms with Gasteiger partial charge in [-0.2, -0.15) is 0 Å². The topological polar surface area (TPSA) is 82.8 Å². The molecule has 0 radical (unpaired) electrons. The van der Waals surface area contributed by atoms with Crippen LogP contribution in [-0.2, 0) is 0 Å². The fourth-order valence-corrected chi connectivity index (χ4v) is 4.58. The van der Waals surface area contributed by atoms with E-state index in [1.54, 1.807) is 12.1 Å². The second-order valence-electron chi connectivity index (χ2n) is 9.79. The molecule has 1 fully saturated rings. The Hall–Kier alpha value is -3.06. The number of carboxylic acids is 1. The Labute approximate surface area is 202 Å². The SMILES string of the molecule is Cc1cc([C@@H](C)Nc2ccc(Cl)c(F)c2C(=O)O)c2oc(N3CCC(C)(C)CC3)cc(=O)c2c1. The molecule has 2 heterocycles. The van der Waals surface area contributed by atoms with E-state index < -0.39 is 23.4 Å². The van der Waals surface area contributed by atoms with Crippen molar-refractivity contribution in [1.82, 2.24) is 0 Å². The van der Waals surface area contributed by atoms with Gasteiger partial charge in [-0.05, 0) is 55.9 Å². The zero-order chi connectivity index (χ0) is 24.8. The first-order valence-corrected chi connectivity index (χ1v) is 11.7. The molecule has 8 heteroatoms. The summed E-state index contributed by atoms with van der Waals surface area (Å²) < 4.78 is 20.7. The van der Waals surface area contributed by atoms with Gasteiger partial charge in [-0.15, -0.1) is 0 Å². The predicted octanol–water partition coefficient (Wildman–Crippen LogP) is 6.39. The summed E-state index contributed by atoms with van der Waals surface area (Å²) in [5.74, 6) is -1.90. The highest BCUT2D eigenvalue weighted by molar-refractivity contribution is 6.31. The molecule has 0 saturated carbocycles. The minimum atomic E-state index is -1.43. The van der Waals surface area contributed by atoms with Gasteiger partial charge in [0.1, 0.15) is 11.1 Å². The number of anilines is 2. The first-order chi connectivity index (χ1) is 16.0. The Morgan fingerprint density at radius 3 is 2.56 bits per heavy atom. The van der Waals surface area contributed by atoms with E-state index in [0.29, 0.717) is 22.4 Å². The molecule has 2 N–H and O–H groups in total. The average molecular weight is 487 g/mol. The number of aryl methyl sites for hydroxylation is 1. The van der Waals surface area contributed by atoms with Crippen molar-refractivity contribution in [3.63, 3.8) is 0 Å². The highest BCUT2D eigenvalue weighted by Crippen LogP contribution is 2.35. The molecule has 1 atom stereocenters. The number of benzene rings is 2. The molecule has 2 aromatic carbocycles. The molecule has 0 spiro atoms. The summed E-state index contributed by atoms with van der Waals surface area (Å²) in [5, 5.41) is 12.8. The maximum absolute atomic E-state index is 14.4. The van der Waals surface area contributed by atoms with Gasteiger partial charge in [0.25, 0.3) is 0 Å². The third-order valence-corrected chi connectivity index (χ3v) is 6.86. The van der Waals surface area contributed by atoms with Crippen LogP contribution in [0.1, 0.15) is 61.1 Å². The molecular weight excluding hydrogens is 459 g/mol. The van der Waals surface area contributed by atoms with Gasteiger partial charge in [0.15, 0.2) is 17.1 Å². The van der Waals surface area contributed by atoms with E-state index in [2.05, 4.69) is 24.1 Å².